The summed E-state index contributed by atoms with van der Waals surface area (Å²) in [6.45, 7) is -1.52. The van der Waals surface area contributed by atoms with Crippen molar-refractivity contribution in [3.05, 3.63) is 65.9 Å². The monoisotopic (exact) mass is 433 g/mol. The third-order valence-electron chi connectivity index (χ3n) is 4.39. The van der Waals surface area contributed by atoms with Gasteiger partial charge in [-0.3, -0.25) is 9.59 Å². The number of benzene rings is 2. The molecule has 0 spiro atoms. The molecule has 1 heterocycles. The van der Waals surface area contributed by atoms with E-state index in [1.54, 1.807) is 34.1 Å². The van der Waals surface area contributed by atoms with Gasteiger partial charge in [0.05, 0.1) is 12.7 Å². The lowest BCUT2D eigenvalue weighted by molar-refractivity contribution is -0.123. The van der Waals surface area contributed by atoms with Gasteiger partial charge >= 0.3 is 12.1 Å². The number of hydrogen-bond donors (Lipinski definition) is 2. The molecule has 0 unspecified atom stereocenters. The van der Waals surface area contributed by atoms with Crippen LogP contribution in [-0.2, 0) is 16.1 Å². The minimum absolute atomic E-state index is 0.0290. The van der Waals surface area contributed by atoms with Crippen LogP contribution in [0.2, 0.25) is 0 Å². The smallest absolute Gasteiger partial charge is 0.405 e. The minimum atomic E-state index is -4.50. The molecule has 3 aromatic rings. The number of para-hydroxylation sites is 1. The standard InChI is InChI=1S/C21H18F3N3O4/c1-31-20(30)16-10-27(17-5-3-2-4-15(16)17)11-18(28)26-14-8-6-13(7-9-14)19(29)25-12-21(22,23)24/h2-10H,11-12H2,1H3,(H,25,29)(H,26,28). The van der Waals surface area contributed by atoms with E-state index in [0.717, 1.165) is 0 Å². The van der Waals surface area contributed by atoms with E-state index in [9.17, 15) is 27.6 Å². The highest BCUT2D eigenvalue weighted by Crippen LogP contribution is 2.22. The number of amides is 2. The molecule has 2 N–H and O–H groups in total. The number of methoxy groups -OCH3 is 1. The number of carbonyl (C=O) groups excluding carboxylic acids is 3. The number of nitrogens with zero attached hydrogens (tertiary/aromatic N) is 1. The van der Waals surface area contributed by atoms with Crippen LogP contribution in [0.25, 0.3) is 10.9 Å². The molecule has 0 atom stereocenters. The van der Waals surface area contributed by atoms with Gasteiger partial charge in [0, 0.05) is 28.4 Å². The quantitative estimate of drug-likeness (QED) is 0.584. The Morgan fingerprint density at radius 1 is 1.03 bits per heavy atom. The molecule has 162 valence electrons. The molecule has 3 rings (SSSR count). The van der Waals surface area contributed by atoms with Crippen LogP contribution in [0.15, 0.2) is 54.7 Å². The third kappa shape index (κ3) is 5.41. The van der Waals surface area contributed by atoms with E-state index >= 15 is 0 Å². The van der Waals surface area contributed by atoms with Crippen LogP contribution in [0, 0.1) is 0 Å². The Hall–Kier alpha value is -3.82. The zero-order valence-corrected chi connectivity index (χ0v) is 16.3. The molecule has 0 aliphatic carbocycles. The average molecular weight is 433 g/mol. The van der Waals surface area contributed by atoms with E-state index in [4.69, 9.17) is 4.74 Å². The fraction of sp³-hybridized carbons (Fsp3) is 0.190. The van der Waals surface area contributed by atoms with Crippen LogP contribution in [0.5, 0.6) is 0 Å². The number of halogens is 3. The fourth-order valence-corrected chi connectivity index (χ4v) is 2.99. The topological polar surface area (TPSA) is 89.4 Å². The Bertz CT molecular complexity index is 1120. The first-order valence-electron chi connectivity index (χ1n) is 9.09. The number of rotatable bonds is 6. The highest BCUT2D eigenvalue weighted by Gasteiger charge is 2.27. The Balaban J connectivity index is 1.68. The Morgan fingerprint density at radius 3 is 2.35 bits per heavy atom. The number of esters is 1. The van der Waals surface area contributed by atoms with Crippen molar-refractivity contribution < 1.29 is 32.3 Å². The van der Waals surface area contributed by atoms with Crippen molar-refractivity contribution in [3.8, 4) is 0 Å². The van der Waals surface area contributed by atoms with Gasteiger partial charge in [-0.25, -0.2) is 4.79 Å². The van der Waals surface area contributed by atoms with E-state index in [1.807, 2.05) is 0 Å². The number of fused-ring (bicyclic) bond motifs is 1. The lowest BCUT2D eigenvalue weighted by atomic mass is 10.2. The van der Waals surface area contributed by atoms with Gasteiger partial charge in [-0.05, 0) is 30.3 Å². The van der Waals surface area contributed by atoms with Gasteiger partial charge in [-0.2, -0.15) is 13.2 Å². The van der Waals surface area contributed by atoms with Crippen molar-refractivity contribution in [3.63, 3.8) is 0 Å². The molecular weight excluding hydrogens is 415 g/mol. The van der Waals surface area contributed by atoms with Gasteiger partial charge in [-0.15, -0.1) is 0 Å². The van der Waals surface area contributed by atoms with E-state index < -0.39 is 30.5 Å². The number of ether oxygens (including phenoxy) is 1. The summed E-state index contributed by atoms with van der Waals surface area (Å²) in [5.74, 6) is -1.79. The van der Waals surface area contributed by atoms with Crippen LogP contribution in [0.1, 0.15) is 20.7 Å². The molecular formula is C21H18F3N3O4. The number of aromatic nitrogens is 1. The van der Waals surface area contributed by atoms with Gasteiger partial charge in [-0.1, -0.05) is 18.2 Å². The SMILES string of the molecule is COC(=O)c1cn(CC(=O)Nc2ccc(C(=O)NCC(F)(F)F)cc2)c2ccccc12. The molecule has 0 saturated heterocycles. The molecule has 0 radical (unpaired) electrons. The van der Waals surface area contributed by atoms with Crippen molar-refractivity contribution in [2.45, 2.75) is 12.7 Å². The number of anilines is 1. The van der Waals surface area contributed by atoms with E-state index in [0.29, 0.717) is 22.2 Å². The second-order valence-corrected chi connectivity index (χ2v) is 6.60. The summed E-state index contributed by atoms with van der Waals surface area (Å²) in [7, 11) is 1.27. The maximum atomic E-state index is 12.5. The third-order valence-corrected chi connectivity index (χ3v) is 4.39. The first-order chi connectivity index (χ1) is 14.7. The van der Waals surface area contributed by atoms with Gasteiger partial charge in [0.1, 0.15) is 13.1 Å². The number of alkyl halides is 3. The summed E-state index contributed by atoms with van der Waals surface area (Å²) in [6, 6.07) is 12.5. The molecule has 1 aromatic heterocycles. The first kappa shape index (κ1) is 21.9. The molecule has 0 aliphatic rings. The summed E-state index contributed by atoms with van der Waals surface area (Å²) < 4.78 is 43.0. The molecule has 7 nitrogen and oxygen atoms in total. The van der Waals surface area contributed by atoms with Crippen LogP contribution in [-0.4, -0.2) is 42.2 Å². The predicted molar refractivity (Wildman–Crippen MR) is 107 cm³/mol. The van der Waals surface area contributed by atoms with Gasteiger partial charge in [0.2, 0.25) is 5.91 Å². The zero-order valence-electron chi connectivity index (χ0n) is 16.3. The molecule has 31 heavy (non-hydrogen) atoms. The van der Waals surface area contributed by atoms with Crippen LogP contribution < -0.4 is 10.6 Å². The summed E-state index contributed by atoms with van der Waals surface area (Å²) >= 11 is 0. The zero-order chi connectivity index (χ0) is 22.6. The highest BCUT2D eigenvalue weighted by atomic mass is 19.4. The Morgan fingerprint density at radius 2 is 1.71 bits per heavy atom. The molecule has 10 heteroatoms. The molecule has 0 bridgehead atoms. The van der Waals surface area contributed by atoms with Crippen molar-refractivity contribution in [1.82, 2.24) is 9.88 Å². The molecule has 2 aromatic carbocycles. The van der Waals surface area contributed by atoms with Crippen molar-refractivity contribution in [2.75, 3.05) is 19.0 Å². The second-order valence-electron chi connectivity index (χ2n) is 6.60. The van der Waals surface area contributed by atoms with Crippen molar-refractivity contribution >= 4 is 34.4 Å². The Kier molecular flexibility index (Phi) is 6.28. The van der Waals surface area contributed by atoms with Crippen LogP contribution in [0.4, 0.5) is 18.9 Å². The number of hydrogen-bond acceptors (Lipinski definition) is 4. The lowest BCUT2D eigenvalue weighted by Gasteiger charge is -2.10. The van der Waals surface area contributed by atoms with Crippen molar-refractivity contribution in [1.29, 1.82) is 0 Å². The summed E-state index contributed by atoms with van der Waals surface area (Å²) in [4.78, 5) is 36.2. The van der Waals surface area contributed by atoms with Crippen LogP contribution >= 0.6 is 0 Å². The highest BCUT2D eigenvalue weighted by molar-refractivity contribution is 6.05. The van der Waals surface area contributed by atoms with E-state index in [-0.39, 0.29) is 12.1 Å². The summed E-state index contributed by atoms with van der Waals surface area (Å²) in [6.07, 6.45) is -2.97. The maximum Gasteiger partial charge on any atom is 0.405 e. The fourth-order valence-electron chi connectivity index (χ4n) is 2.99. The molecule has 0 fully saturated rings. The minimum Gasteiger partial charge on any atom is -0.465 e. The molecule has 0 saturated carbocycles. The molecule has 0 aliphatic heterocycles. The lowest BCUT2D eigenvalue weighted by Crippen LogP contribution is -2.33. The van der Waals surface area contributed by atoms with Gasteiger partial charge in [0.25, 0.3) is 5.91 Å². The predicted octanol–water partition coefficient (Wildman–Crippen LogP) is 3.36. The van der Waals surface area contributed by atoms with Crippen LogP contribution in [0.3, 0.4) is 0 Å². The maximum absolute atomic E-state index is 12.5. The number of nitrogens with one attached hydrogen (secondary N) is 2. The first-order valence-corrected chi connectivity index (χ1v) is 9.09. The summed E-state index contributed by atoms with van der Waals surface area (Å²) in [5, 5.41) is 5.06. The summed E-state index contributed by atoms with van der Waals surface area (Å²) in [5.41, 5.74) is 1.40. The average Bonchev–Trinajstić information content (AvgIpc) is 3.10. The van der Waals surface area contributed by atoms with E-state index in [1.165, 1.54) is 37.6 Å². The van der Waals surface area contributed by atoms with Gasteiger partial charge < -0.3 is 19.9 Å². The van der Waals surface area contributed by atoms with Gasteiger partial charge in [0.15, 0.2) is 0 Å². The second kappa shape index (κ2) is 8.90. The normalized spacial score (nSPS) is 11.2. The van der Waals surface area contributed by atoms with E-state index in [2.05, 4.69) is 5.32 Å². The Labute approximate surface area is 174 Å². The largest absolute Gasteiger partial charge is 0.465 e. The molecule has 2 amide bonds. The van der Waals surface area contributed by atoms with Crippen molar-refractivity contribution in [2.24, 2.45) is 0 Å². The number of carbonyl (C=O) groups is 3.